The van der Waals surface area contributed by atoms with Gasteiger partial charge >= 0.3 is 6.16 Å². The molecule has 0 amide bonds. The number of hydrogen-bond donors (Lipinski definition) is 0. The molecule has 26 heavy (non-hydrogen) atoms. The standard InChI is InChI=1S/C22H34O4/c1-21-11-9-15(24-3)13-14(21)5-6-16-17-7-8-19(26-20(23)25-4)22(17,2)12-10-18(16)21/h9,11,14-19H,5-8,10,12-13H2,1-4H3/t14-,15-,16-,17-,18-,19-,21-,22-/m0/s1. The van der Waals surface area contributed by atoms with Crippen LogP contribution in [0.5, 0.6) is 0 Å². The fourth-order valence-corrected chi connectivity index (χ4v) is 7.26. The second kappa shape index (κ2) is 6.54. The Labute approximate surface area is 157 Å². The van der Waals surface area contributed by atoms with E-state index in [4.69, 9.17) is 14.2 Å². The molecular weight excluding hydrogens is 328 g/mol. The maximum absolute atomic E-state index is 11.7. The Morgan fingerprint density at radius 3 is 2.58 bits per heavy atom. The second-order valence-electron chi connectivity index (χ2n) is 9.57. The van der Waals surface area contributed by atoms with Gasteiger partial charge in [0.1, 0.15) is 6.10 Å². The Hall–Kier alpha value is -1.03. The van der Waals surface area contributed by atoms with Gasteiger partial charge in [0, 0.05) is 12.5 Å². The van der Waals surface area contributed by atoms with Crippen LogP contribution in [-0.4, -0.2) is 32.6 Å². The van der Waals surface area contributed by atoms with Crippen LogP contribution in [0.15, 0.2) is 12.2 Å². The van der Waals surface area contributed by atoms with Gasteiger partial charge in [-0.1, -0.05) is 26.0 Å². The average Bonchev–Trinajstić information content (AvgIpc) is 2.97. The number of ether oxygens (including phenoxy) is 3. The van der Waals surface area contributed by atoms with Crippen molar-refractivity contribution in [2.24, 2.45) is 34.5 Å². The van der Waals surface area contributed by atoms with Crippen molar-refractivity contribution in [3.63, 3.8) is 0 Å². The third-order valence-corrected chi connectivity index (χ3v) is 8.77. The summed E-state index contributed by atoms with van der Waals surface area (Å²) in [5.74, 6) is 2.92. The fourth-order valence-electron chi connectivity index (χ4n) is 7.26. The third kappa shape index (κ3) is 2.63. The molecule has 0 bridgehead atoms. The van der Waals surface area contributed by atoms with Crippen LogP contribution in [0.4, 0.5) is 4.79 Å². The summed E-state index contributed by atoms with van der Waals surface area (Å²) in [7, 11) is 3.23. The molecule has 4 aliphatic carbocycles. The van der Waals surface area contributed by atoms with Gasteiger partial charge in [-0.05, 0) is 74.0 Å². The van der Waals surface area contributed by atoms with E-state index in [2.05, 4.69) is 26.0 Å². The normalized spacial score (nSPS) is 49.7. The van der Waals surface area contributed by atoms with Gasteiger partial charge in [-0.2, -0.15) is 0 Å². The zero-order valence-corrected chi connectivity index (χ0v) is 16.7. The van der Waals surface area contributed by atoms with Gasteiger partial charge in [0.25, 0.3) is 0 Å². The van der Waals surface area contributed by atoms with Crippen LogP contribution in [-0.2, 0) is 14.2 Å². The minimum absolute atomic E-state index is 0.0196. The topological polar surface area (TPSA) is 44.8 Å². The summed E-state index contributed by atoms with van der Waals surface area (Å²) in [4.78, 5) is 11.7. The van der Waals surface area contributed by atoms with Crippen molar-refractivity contribution < 1.29 is 19.0 Å². The molecule has 0 radical (unpaired) electrons. The van der Waals surface area contributed by atoms with E-state index in [9.17, 15) is 4.79 Å². The largest absolute Gasteiger partial charge is 0.508 e. The predicted molar refractivity (Wildman–Crippen MR) is 99.7 cm³/mol. The lowest BCUT2D eigenvalue weighted by Gasteiger charge is -2.59. The van der Waals surface area contributed by atoms with Crippen molar-refractivity contribution in [2.75, 3.05) is 14.2 Å². The molecule has 4 aliphatic rings. The van der Waals surface area contributed by atoms with Crippen molar-refractivity contribution in [3.05, 3.63) is 12.2 Å². The fraction of sp³-hybridized carbons (Fsp3) is 0.864. The second-order valence-corrected chi connectivity index (χ2v) is 9.57. The van der Waals surface area contributed by atoms with Gasteiger partial charge in [-0.25, -0.2) is 4.79 Å². The molecule has 4 nitrogen and oxygen atoms in total. The van der Waals surface area contributed by atoms with Gasteiger partial charge in [-0.3, -0.25) is 0 Å². The zero-order chi connectivity index (χ0) is 18.5. The Kier molecular flexibility index (Phi) is 4.61. The highest BCUT2D eigenvalue weighted by Crippen LogP contribution is 2.65. The summed E-state index contributed by atoms with van der Waals surface area (Å²) < 4.78 is 16.1. The molecule has 0 spiro atoms. The number of hydrogen-bond acceptors (Lipinski definition) is 4. The summed E-state index contributed by atoms with van der Waals surface area (Å²) in [6, 6.07) is 0. The summed E-state index contributed by atoms with van der Waals surface area (Å²) in [5.41, 5.74) is 0.423. The van der Waals surface area contributed by atoms with Crippen LogP contribution >= 0.6 is 0 Å². The highest BCUT2D eigenvalue weighted by atomic mass is 16.7. The summed E-state index contributed by atoms with van der Waals surface area (Å²) in [6.45, 7) is 4.86. The maximum atomic E-state index is 11.7. The molecular formula is C22H34O4. The first-order valence-electron chi connectivity index (χ1n) is 10.4. The van der Waals surface area contributed by atoms with Crippen molar-refractivity contribution in [1.29, 1.82) is 0 Å². The number of carbonyl (C=O) groups is 1. The summed E-state index contributed by atoms with van der Waals surface area (Å²) in [6.07, 6.45) is 13.0. The van der Waals surface area contributed by atoms with Gasteiger partial charge in [0.2, 0.25) is 0 Å². The molecule has 0 aromatic rings. The first-order chi connectivity index (χ1) is 12.4. The van der Waals surface area contributed by atoms with E-state index in [1.807, 2.05) is 7.11 Å². The molecule has 4 rings (SSSR count). The van der Waals surface area contributed by atoms with Crippen molar-refractivity contribution >= 4 is 6.16 Å². The van der Waals surface area contributed by atoms with E-state index in [0.717, 1.165) is 30.6 Å². The SMILES string of the molecule is COC(=O)O[C@H]1CC[C@H]2[C@@H]3CC[C@H]4C[C@@H](OC)C=C[C@]4(C)[C@H]3CC[C@]12C. The molecule has 0 saturated heterocycles. The lowest BCUT2D eigenvalue weighted by molar-refractivity contribution is -0.107. The first-order valence-corrected chi connectivity index (χ1v) is 10.4. The number of carbonyl (C=O) groups excluding carboxylic acids is 1. The van der Waals surface area contributed by atoms with Crippen molar-refractivity contribution in [3.8, 4) is 0 Å². The quantitative estimate of drug-likeness (QED) is 0.514. The molecule has 0 N–H and O–H groups in total. The van der Waals surface area contributed by atoms with E-state index in [1.54, 1.807) is 0 Å². The predicted octanol–water partition coefficient (Wildman–Crippen LogP) is 4.97. The summed E-state index contributed by atoms with van der Waals surface area (Å²) >= 11 is 0. The van der Waals surface area contributed by atoms with Crippen LogP contribution in [0.25, 0.3) is 0 Å². The highest BCUT2D eigenvalue weighted by Gasteiger charge is 2.60. The molecule has 3 saturated carbocycles. The molecule has 8 atom stereocenters. The Balaban J connectivity index is 1.56. The Morgan fingerprint density at radius 1 is 1.04 bits per heavy atom. The van der Waals surface area contributed by atoms with Crippen molar-refractivity contribution in [2.45, 2.75) is 71.0 Å². The van der Waals surface area contributed by atoms with Crippen LogP contribution in [0.2, 0.25) is 0 Å². The minimum Gasteiger partial charge on any atom is -0.438 e. The van der Waals surface area contributed by atoms with Gasteiger partial charge in [0.05, 0.1) is 13.2 Å². The number of rotatable bonds is 2. The molecule has 3 fully saturated rings. The van der Waals surface area contributed by atoms with E-state index in [0.29, 0.717) is 17.4 Å². The highest BCUT2D eigenvalue weighted by molar-refractivity contribution is 5.60. The molecule has 146 valence electrons. The lowest BCUT2D eigenvalue weighted by Crippen LogP contribution is -2.53. The lowest BCUT2D eigenvalue weighted by atomic mass is 9.46. The third-order valence-electron chi connectivity index (χ3n) is 8.77. The Bertz CT molecular complexity index is 587. The summed E-state index contributed by atoms with van der Waals surface area (Å²) in [5, 5.41) is 0. The van der Waals surface area contributed by atoms with E-state index in [-0.39, 0.29) is 11.5 Å². The number of allylic oxidation sites excluding steroid dienone is 1. The zero-order valence-electron chi connectivity index (χ0n) is 16.7. The number of fused-ring (bicyclic) bond motifs is 5. The smallest absolute Gasteiger partial charge is 0.438 e. The first kappa shape index (κ1) is 18.3. The van der Waals surface area contributed by atoms with Gasteiger partial charge in [0.15, 0.2) is 0 Å². The van der Waals surface area contributed by atoms with E-state index >= 15 is 0 Å². The molecule has 4 heteroatoms. The Morgan fingerprint density at radius 2 is 1.85 bits per heavy atom. The average molecular weight is 363 g/mol. The van der Waals surface area contributed by atoms with Crippen LogP contribution in [0.1, 0.15) is 58.8 Å². The number of methoxy groups -OCH3 is 2. The molecule has 0 aromatic carbocycles. The molecule has 0 aliphatic heterocycles. The van der Waals surface area contributed by atoms with Crippen LogP contribution in [0.3, 0.4) is 0 Å². The van der Waals surface area contributed by atoms with E-state index < -0.39 is 6.16 Å². The molecule has 0 aromatic heterocycles. The van der Waals surface area contributed by atoms with Crippen LogP contribution < -0.4 is 0 Å². The minimum atomic E-state index is -0.518. The molecule has 0 heterocycles. The van der Waals surface area contributed by atoms with Crippen LogP contribution in [0, 0.1) is 34.5 Å². The van der Waals surface area contributed by atoms with E-state index in [1.165, 1.54) is 39.2 Å². The van der Waals surface area contributed by atoms with Gasteiger partial charge < -0.3 is 14.2 Å². The van der Waals surface area contributed by atoms with Gasteiger partial charge in [-0.15, -0.1) is 0 Å². The monoisotopic (exact) mass is 362 g/mol. The van der Waals surface area contributed by atoms with Crippen molar-refractivity contribution in [1.82, 2.24) is 0 Å². The molecule has 0 unspecified atom stereocenters. The maximum Gasteiger partial charge on any atom is 0.508 e.